The van der Waals surface area contributed by atoms with Gasteiger partial charge in [0.15, 0.2) is 0 Å². The van der Waals surface area contributed by atoms with E-state index in [1.54, 1.807) is 0 Å². The predicted octanol–water partition coefficient (Wildman–Crippen LogP) is -0.190. The molecule has 0 saturated carbocycles. The molecule has 1 heterocycles. The lowest BCUT2D eigenvalue weighted by Crippen LogP contribution is -2.15. The fraction of sp³-hybridized carbons (Fsp3) is 0.286. The summed E-state index contributed by atoms with van der Waals surface area (Å²) in [6, 6.07) is 0. The number of carbonyl (C=O) groups is 1. The first-order valence-electron chi connectivity index (χ1n) is 3.72. The molecule has 1 N–H and O–H groups in total. The molecule has 0 aliphatic rings. The Balaban J connectivity index is 3.22. The Morgan fingerprint density at radius 2 is 2.36 bits per heavy atom. The van der Waals surface area contributed by atoms with Crippen LogP contribution >= 0.6 is 0 Å². The van der Waals surface area contributed by atoms with Gasteiger partial charge in [-0.1, -0.05) is 0 Å². The third-order valence-electron chi connectivity index (χ3n) is 1.49. The van der Waals surface area contributed by atoms with Gasteiger partial charge in [-0.15, -0.1) is 0 Å². The number of hydrogen-bond acceptors (Lipinski definition) is 5. The smallest absolute Gasteiger partial charge is 0.303 e. The number of nitrogens with one attached hydrogen (secondary N) is 1. The number of nitro groups is 1. The Labute approximate surface area is 77.9 Å². The highest BCUT2D eigenvalue weighted by Crippen LogP contribution is 2.12. The van der Waals surface area contributed by atoms with Crippen molar-refractivity contribution in [3.05, 3.63) is 32.5 Å². The normalized spacial score (nSPS) is 9.79. The number of nitrogens with zero attached hydrogens (tertiary/aromatic N) is 2. The molecule has 0 amide bonds. The maximum atomic E-state index is 10.7. The second-order valence-corrected chi connectivity index (χ2v) is 2.69. The highest BCUT2D eigenvalue weighted by Gasteiger charge is 2.16. The molecule has 0 spiro atoms. The van der Waals surface area contributed by atoms with E-state index < -0.39 is 10.6 Å². The summed E-state index contributed by atoms with van der Waals surface area (Å²) in [4.78, 5) is 36.6. The predicted molar refractivity (Wildman–Crippen MR) is 45.9 cm³/mol. The average Bonchev–Trinajstić information content (AvgIpc) is 2.01. The lowest BCUT2D eigenvalue weighted by Gasteiger charge is -1.97. The Bertz CT molecular complexity index is 437. The van der Waals surface area contributed by atoms with Crippen LogP contribution in [0.3, 0.4) is 0 Å². The van der Waals surface area contributed by atoms with E-state index in [1.165, 1.54) is 6.92 Å². The van der Waals surface area contributed by atoms with Gasteiger partial charge in [0.1, 0.15) is 17.7 Å². The average molecular weight is 197 g/mol. The molecule has 0 bridgehead atoms. The first kappa shape index (κ1) is 10.0. The summed E-state index contributed by atoms with van der Waals surface area (Å²) < 4.78 is 0. The van der Waals surface area contributed by atoms with E-state index >= 15 is 0 Å². The number of Topliss-reactive ketones (excluding diaryl/α,β-unsaturated/α-hetero) is 1. The summed E-state index contributed by atoms with van der Waals surface area (Å²) in [7, 11) is 0. The lowest BCUT2D eigenvalue weighted by atomic mass is 10.2. The van der Waals surface area contributed by atoms with Crippen LogP contribution in [0.4, 0.5) is 5.69 Å². The van der Waals surface area contributed by atoms with Gasteiger partial charge in [0.25, 0.3) is 0 Å². The van der Waals surface area contributed by atoms with E-state index in [0.29, 0.717) is 0 Å². The summed E-state index contributed by atoms with van der Waals surface area (Å²) in [6.45, 7) is 1.28. The van der Waals surface area contributed by atoms with Crippen molar-refractivity contribution in [3.63, 3.8) is 0 Å². The van der Waals surface area contributed by atoms with Crippen molar-refractivity contribution in [2.45, 2.75) is 13.3 Å². The van der Waals surface area contributed by atoms with Gasteiger partial charge in [-0.25, -0.2) is 4.79 Å². The van der Waals surface area contributed by atoms with Gasteiger partial charge in [0.2, 0.25) is 0 Å². The molecule has 0 atom stereocenters. The number of aromatic amines is 1. The van der Waals surface area contributed by atoms with Crippen molar-refractivity contribution in [1.82, 2.24) is 9.97 Å². The zero-order chi connectivity index (χ0) is 10.7. The largest absolute Gasteiger partial charge is 0.345 e. The van der Waals surface area contributed by atoms with Crippen molar-refractivity contribution >= 4 is 11.5 Å². The van der Waals surface area contributed by atoms with E-state index in [9.17, 15) is 19.7 Å². The zero-order valence-corrected chi connectivity index (χ0v) is 7.31. The van der Waals surface area contributed by atoms with E-state index in [-0.39, 0.29) is 23.6 Å². The number of carbonyl (C=O) groups excluding carboxylic acids is 1. The molecule has 7 nitrogen and oxygen atoms in total. The highest BCUT2D eigenvalue weighted by atomic mass is 16.6. The number of hydrogen-bond donors (Lipinski definition) is 1. The topological polar surface area (TPSA) is 106 Å². The van der Waals surface area contributed by atoms with Crippen LogP contribution in [0.1, 0.15) is 12.6 Å². The molecule has 74 valence electrons. The second-order valence-electron chi connectivity index (χ2n) is 2.69. The summed E-state index contributed by atoms with van der Waals surface area (Å²) in [5.74, 6) is -0.269. The first-order valence-corrected chi connectivity index (χ1v) is 3.72. The van der Waals surface area contributed by atoms with Gasteiger partial charge in [-0.2, -0.15) is 4.98 Å². The van der Waals surface area contributed by atoms with E-state index in [2.05, 4.69) is 9.97 Å². The Morgan fingerprint density at radius 3 is 2.86 bits per heavy atom. The van der Waals surface area contributed by atoms with Gasteiger partial charge in [-0.3, -0.25) is 14.9 Å². The zero-order valence-electron chi connectivity index (χ0n) is 7.31. The second kappa shape index (κ2) is 3.77. The minimum atomic E-state index is -0.702. The molecule has 0 saturated heterocycles. The maximum absolute atomic E-state index is 10.7. The van der Waals surface area contributed by atoms with Crippen LogP contribution in [0, 0.1) is 10.1 Å². The van der Waals surface area contributed by atoms with Crippen molar-refractivity contribution in [2.24, 2.45) is 0 Å². The fourth-order valence-electron chi connectivity index (χ4n) is 0.964. The van der Waals surface area contributed by atoms with Gasteiger partial charge in [0.05, 0.1) is 11.3 Å². The van der Waals surface area contributed by atoms with Crippen LogP contribution in [-0.2, 0) is 11.2 Å². The third-order valence-corrected chi connectivity index (χ3v) is 1.49. The standard InChI is InChI=1S/C7H7N3O4/c1-4(11)2-5-6(10(13)14)3-8-7(12)9-5/h3H,2H2,1H3,(H,8,9,12). The first-order chi connectivity index (χ1) is 6.50. The number of ketones is 1. The van der Waals surface area contributed by atoms with Crippen LogP contribution in [0.25, 0.3) is 0 Å². The van der Waals surface area contributed by atoms with E-state index in [1.807, 2.05) is 0 Å². The summed E-state index contributed by atoms with van der Waals surface area (Å²) >= 11 is 0. The molecule has 1 aromatic rings. The maximum Gasteiger partial charge on any atom is 0.345 e. The molecule has 7 heteroatoms. The SMILES string of the molecule is CC(=O)Cc1[nH]c(=O)ncc1[N+](=O)[O-]. The van der Waals surface area contributed by atoms with Gasteiger partial charge in [0, 0.05) is 0 Å². The van der Waals surface area contributed by atoms with Crippen molar-refractivity contribution in [1.29, 1.82) is 0 Å². The fourth-order valence-corrected chi connectivity index (χ4v) is 0.964. The number of rotatable bonds is 3. The number of H-pyrrole nitrogens is 1. The Morgan fingerprint density at radius 1 is 1.71 bits per heavy atom. The van der Waals surface area contributed by atoms with Crippen LogP contribution < -0.4 is 5.69 Å². The van der Waals surface area contributed by atoms with E-state index in [0.717, 1.165) is 6.20 Å². The van der Waals surface area contributed by atoms with Crippen molar-refractivity contribution in [3.8, 4) is 0 Å². The molecule has 1 rings (SSSR count). The minimum absolute atomic E-state index is 0.0116. The van der Waals surface area contributed by atoms with Gasteiger partial charge >= 0.3 is 11.4 Å². The quantitative estimate of drug-likeness (QED) is 0.533. The molecule has 1 aromatic heterocycles. The Hall–Kier alpha value is -2.05. The van der Waals surface area contributed by atoms with Gasteiger partial charge in [-0.05, 0) is 6.92 Å². The molecule has 14 heavy (non-hydrogen) atoms. The molecular formula is C7H7N3O4. The molecule has 0 aromatic carbocycles. The molecule has 0 fully saturated rings. The van der Waals surface area contributed by atoms with Crippen LogP contribution in [-0.4, -0.2) is 20.7 Å². The van der Waals surface area contributed by atoms with Crippen LogP contribution in [0.5, 0.6) is 0 Å². The van der Waals surface area contributed by atoms with E-state index in [4.69, 9.17) is 0 Å². The molecule has 0 unspecified atom stereocenters. The van der Waals surface area contributed by atoms with Crippen LogP contribution in [0.2, 0.25) is 0 Å². The summed E-state index contributed by atoms with van der Waals surface area (Å²) in [5.41, 5.74) is -1.06. The van der Waals surface area contributed by atoms with Gasteiger partial charge < -0.3 is 4.98 Å². The Kier molecular flexibility index (Phi) is 2.70. The molecule has 0 aliphatic heterocycles. The number of aromatic nitrogens is 2. The highest BCUT2D eigenvalue weighted by molar-refractivity contribution is 5.78. The monoisotopic (exact) mass is 197 g/mol. The molecule has 0 radical (unpaired) electrons. The minimum Gasteiger partial charge on any atom is -0.303 e. The molecule has 0 aliphatic carbocycles. The van der Waals surface area contributed by atoms with Crippen LogP contribution in [0.15, 0.2) is 11.0 Å². The lowest BCUT2D eigenvalue weighted by molar-refractivity contribution is -0.386. The molecular weight excluding hydrogens is 190 g/mol. The third kappa shape index (κ3) is 2.22. The summed E-state index contributed by atoms with van der Waals surface area (Å²) in [6.07, 6.45) is 0.672. The summed E-state index contributed by atoms with van der Waals surface area (Å²) in [5, 5.41) is 10.4. The van der Waals surface area contributed by atoms with Crippen molar-refractivity contribution < 1.29 is 9.72 Å². The van der Waals surface area contributed by atoms with Crippen molar-refractivity contribution in [2.75, 3.05) is 0 Å².